The van der Waals surface area contributed by atoms with Gasteiger partial charge in [0.15, 0.2) is 0 Å². The number of rotatable bonds is 5. The standard InChI is InChI=1S/C18H12ClNO4S/c19-12-5-3-11(4-6-12)14-10-25-17(16(14)18(22)23)20-15(21)8-7-13-2-1-9-24-13/h1-10H,(H,20,21)(H,22,23)/p-1/b8-7+. The van der Waals surface area contributed by atoms with Crippen LogP contribution in [0.1, 0.15) is 16.1 Å². The van der Waals surface area contributed by atoms with Gasteiger partial charge in [-0.3, -0.25) is 4.79 Å². The minimum Gasteiger partial charge on any atom is -0.545 e. The zero-order valence-corrected chi connectivity index (χ0v) is 14.3. The largest absolute Gasteiger partial charge is 0.545 e. The van der Waals surface area contributed by atoms with E-state index >= 15 is 0 Å². The molecule has 2 heterocycles. The first-order valence-corrected chi connectivity index (χ1v) is 8.41. The molecule has 0 atom stereocenters. The Hall–Kier alpha value is -2.83. The molecule has 0 bridgehead atoms. The van der Waals surface area contributed by atoms with Gasteiger partial charge in [-0.1, -0.05) is 23.7 Å². The molecule has 0 unspecified atom stereocenters. The van der Waals surface area contributed by atoms with Crippen LogP contribution >= 0.6 is 22.9 Å². The highest BCUT2D eigenvalue weighted by Crippen LogP contribution is 2.35. The molecule has 3 rings (SSSR count). The van der Waals surface area contributed by atoms with E-state index in [4.69, 9.17) is 16.0 Å². The van der Waals surface area contributed by atoms with Gasteiger partial charge in [-0.15, -0.1) is 11.3 Å². The van der Waals surface area contributed by atoms with Gasteiger partial charge >= 0.3 is 0 Å². The van der Waals surface area contributed by atoms with Crippen molar-refractivity contribution in [3.63, 3.8) is 0 Å². The normalized spacial score (nSPS) is 10.9. The lowest BCUT2D eigenvalue weighted by Gasteiger charge is -2.09. The van der Waals surface area contributed by atoms with Crippen LogP contribution in [0.15, 0.2) is 58.5 Å². The predicted octanol–water partition coefficient (Wildman–Crippen LogP) is 3.68. The molecule has 0 aliphatic heterocycles. The molecule has 2 aromatic heterocycles. The van der Waals surface area contributed by atoms with Crippen molar-refractivity contribution in [1.29, 1.82) is 0 Å². The van der Waals surface area contributed by atoms with E-state index in [1.54, 1.807) is 41.8 Å². The molecule has 126 valence electrons. The number of carboxylic acids is 1. The van der Waals surface area contributed by atoms with E-state index in [2.05, 4.69) is 5.32 Å². The van der Waals surface area contributed by atoms with Crippen molar-refractivity contribution in [1.82, 2.24) is 0 Å². The average Bonchev–Trinajstić information content (AvgIpc) is 3.23. The van der Waals surface area contributed by atoms with E-state index in [0.717, 1.165) is 11.3 Å². The minimum atomic E-state index is -1.36. The summed E-state index contributed by atoms with van der Waals surface area (Å²) in [6.07, 6.45) is 4.24. The van der Waals surface area contributed by atoms with Gasteiger partial charge in [-0.2, -0.15) is 0 Å². The molecule has 1 amide bonds. The number of furan rings is 1. The minimum absolute atomic E-state index is 0.0629. The monoisotopic (exact) mass is 372 g/mol. The second-order valence-electron chi connectivity index (χ2n) is 4.99. The maximum atomic E-state index is 12.0. The van der Waals surface area contributed by atoms with Gasteiger partial charge in [-0.25, -0.2) is 0 Å². The van der Waals surface area contributed by atoms with E-state index in [9.17, 15) is 14.7 Å². The van der Waals surface area contributed by atoms with Crippen molar-refractivity contribution in [3.05, 3.63) is 70.5 Å². The summed E-state index contributed by atoms with van der Waals surface area (Å²) >= 11 is 6.97. The van der Waals surface area contributed by atoms with E-state index in [0.29, 0.717) is 21.9 Å². The molecule has 5 nitrogen and oxygen atoms in total. The first-order chi connectivity index (χ1) is 12.0. The molecule has 0 saturated heterocycles. The number of carbonyl (C=O) groups is 2. The molecule has 0 aliphatic rings. The Balaban J connectivity index is 1.85. The molecule has 0 radical (unpaired) electrons. The predicted molar refractivity (Wildman–Crippen MR) is 95.5 cm³/mol. The molecule has 0 aliphatic carbocycles. The van der Waals surface area contributed by atoms with Crippen molar-refractivity contribution in [2.45, 2.75) is 0 Å². The number of benzene rings is 1. The third-order valence-corrected chi connectivity index (χ3v) is 4.48. The first kappa shape index (κ1) is 17.0. The summed E-state index contributed by atoms with van der Waals surface area (Å²) in [5.41, 5.74) is 1.07. The number of hydrogen-bond acceptors (Lipinski definition) is 5. The van der Waals surface area contributed by atoms with Crippen molar-refractivity contribution in [2.75, 3.05) is 5.32 Å². The topological polar surface area (TPSA) is 82.4 Å². The number of aromatic carboxylic acids is 1. The molecule has 1 aromatic carbocycles. The fourth-order valence-corrected chi connectivity index (χ4v) is 3.28. The van der Waals surface area contributed by atoms with E-state index < -0.39 is 11.9 Å². The maximum absolute atomic E-state index is 12.0. The lowest BCUT2D eigenvalue weighted by molar-refractivity contribution is -0.254. The van der Waals surface area contributed by atoms with Crippen molar-refractivity contribution in [3.8, 4) is 11.1 Å². The molecular formula is C18H11ClNO4S-. The molecule has 0 spiro atoms. The Morgan fingerprint density at radius 1 is 1.20 bits per heavy atom. The number of carbonyl (C=O) groups excluding carboxylic acids is 2. The zero-order chi connectivity index (χ0) is 17.8. The van der Waals surface area contributed by atoms with Gasteiger partial charge < -0.3 is 19.6 Å². The van der Waals surface area contributed by atoms with Crippen LogP contribution in [-0.2, 0) is 4.79 Å². The fourth-order valence-electron chi connectivity index (χ4n) is 2.19. The maximum Gasteiger partial charge on any atom is 0.249 e. The van der Waals surface area contributed by atoms with Gasteiger partial charge in [0.2, 0.25) is 5.91 Å². The summed E-state index contributed by atoms with van der Waals surface area (Å²) in [6, 6.07) is 10.1. The number of anilines is 1. The molecule has 25 heavy (non-hydrogen) atoms. The third kappa shape index (κ3) is 3.99. The van der Waals surface area contributed by atoms with E-state index in [1.165, 1.54) is 18.4 Å². The number of carboxylic acid groups (broad SMARTS) is 1. The average molecular weight is 373 g/mol. The van der Waals surface area contributed by atoms with Crippen LogP contribution < -0.4 is 10.4 Å². The van der Waals surface area contributed by atoms with Crippen LogP contribution in [0, 0.1) is 0 Å². The molecule has 0 saturated carbocycles. The summed E-state index contributed by atoms with van der Waals surface area (Å²) in [5, 5.41) is 16.5. The first-order valence-electron chi connectivity index (χ1n) is 7.16. The molecule has 0 fully saturated rings. The number of hydrogen-bond donors (Lipinski definition) is 1. The van der Waals surface area contributed by atoms with Crippen LogP contribution in [0.3, 0.4) is 0 Å². The van der Waals surface area contributed by atoms with Crippen LogP contribution in [0.5, 0.6) is 0 Å². The highest BCUT2D eigenvalue weighted by Gasteiger charge is 2.15. The molecule has 3 aromatic rings. The quantitative estimate of drug-likeness (QED) is 0.692. The summed E-state index contributed by atoms with van der Waals surface area (Å²) in [4.78, 5) is 23.6. The highest BCUT2D eigenvalue weighted by atomic mass is 35.5. The van der Waals surface area contributed by atoms with Gasteiger partial charge in [0.05, 0.1) is 12.2 Å². The van der Waals surface area contributed by atoms with Gasteiger partial charge in [0.25, 0.3) is 0 Å². The fraction of sp³-hybridized carbons (Fsp3) is 0. The van der Waals surface area contributed by atoms with E-state index in [1.807, 2.05) is 0 Å². The lowest BCUT2D eigenvalue weighted by atomic mass is 10.0. The van der Waals surface area contributed by atoms with Crippen molar-refractivity contribution < 1.29 is 19.1 Å². The Bertz CT molecular complexity index is 927. The smallest absolute Gasteiger partial charge is 0.249 e. The Morgan fingerprint density at radius 3 is 2.60 bits per heavy atom. The Morgan fingerprint density at radius 2 is 1.96 bits per heavy atom. The SMILES string of the molecule is O=C(/C=C/c1ccco1)Nc1scc(-c2ccc(Cl)cc2)c1C(=O)[O-]. The summed E-state index contributed by atoms with van der Waals surface area (Å²) < 4.78 is 5.09. The Labute approximate surface area is 152 Å². The summed E-state index contributed by atoms with van der Waals surface area (Å²) in [5.74, 6) is -1.32. The van der Waals surface area contributed by atoms with E-state index in [-0.39, 0.29) is 10.6 Å². The van der Waals surface area contributed by atoms with Crippen LogP contribution in [0.25, 0.3) is 17.2 Å². The van der Waals surface area contributed by atoms with Crippen LogP contribution in [0.2, 0.25) is 5.02 Å². The number of nitrogens with one attached hydrogen (secondary N) is 1. The molecular weight excluding hydrogens is 362 g/mol. The third-order valence-electron chi connectivity index (χ3n) is 3.33. The molecule has 1 N–H and O–H groups in total. The number of thiophene rings is 1. The zero-order valence-electron chi connectivity index (χ0n) is 12.7. The van der Waals surface area contributed by atoms with Crippen LogP contribution in [0.4, 0.5) is 5.00 Å². The molecule has 7 heteroatoms. The highest BCUT2D eigenvalue weighted by molar-refractivity contribution is 7.15. The number of halogens is 1. The lowest BCUT2D eigenvalue weighted by Crippen LogP contribution is -2.24. The summed E-state index contributed by atoms with van der Waals surface area (Å²) in [6.45, 7) is 0. The Kier molecular flexibility index (Phi) is 5.02. The van der Waals surface area contributed by atoms with Gasteiger partial charge in [0, 0.05) is 27.6 Å². The van der Waals surface area contributed by atoms with Gasteiger partial charge in [0.1, 0.15) is 10.8 Å². The van der Waals surface area contributed by atoms with Crippen molar-refractivity contribution >= 4 is 45.9 Å². The van der Waals surface area contributed by atoms with Crippen LogP contribution in [-0.4, -0.2) is 11.9 Å². The summed E-state index contributed by atoms with van der Waals surface area (Å²) in [7, 11) is 0. The van der Waals surface area contributed by atoms with Crippen molar-refractivity contribution in [2.24, 2.45) is 0 Å². The van der Waals surface area contributed by atoms with Gasteiger partial charge in [-0.05, 0) is 35.9 Å². The second kappa shape index (κ2) is 7.38. The second-order valence-corrected chi connectivity index (χ2v) is 6.30. The number of amides is 1.